The van der Waals surface area contributed by atoms with Gasteiger partial charge in [-0.25, -0.2) is 4.98 Å². The number of nitrogens with one attached hydrogen (secondary N) is 2. The van der Waals surface area contributed by atoms with Crippen LogP contribution in [0.1, 0.15) is 5.56 Å². The zero-order valence-electron chi connectivity index (χ0n) is 9.82. The maximum atomic E-state index is 4.41. The van der Waals surface area contributed by atoms with Crippen molar-refractivity contribution in [1.29, 1.82) is 0 Å². The molecule has 1 fully saturated rings. The third-order valence-corrected chi connectivity index (χ3v) is 2.99. The van der Waals surface area contributed by atoms with Crippen molar-refractivity contribution in [3.63, 3.8) is 0 Å². The number of hydrogen-bond acceptors (Lipinski definition) is 4. The van der Waals surface area contributed by atoms with E-state index in [4.69, 9.17) is 0 Å². The summed E-state index contributed by atoms with van der Waals surface area (Å²) in [6, 6.07) is 0. The van der Waals surface area contributed by atoms with Gasteiger partial charge in [0.05, 0.1) is 5.82 Å². The van der Waals surface area contributed by atoms with Crippen LogP contribution in [0.2, 0.25) is 0 Å². The minimum Gasteiger partial charge on any atom is -0.462 e. The molecule has 0 atom stereocenters. The molecule has 17 heavy (non-hydrogen) atoms. The average Bonchev–Trinajstić information content (AvgIpc) is 2.73. The molecule has 87 valence electrons. The molecule has 0 unspecified atom stereocenters. The molecule has 5 nitrogen and oxygen atoms in total. The molecule has 1 aliphatic heterocycles. The van der Waals surface area contributed by atoms with Crippen molar-refractivity contribution in [2.75, 3.05) is 31.1 Å². The van der Waals surface area contributed by atoms with Gasteiger partial charge in [0.1, 0.15) is 6.33 Å². The first-order chi connectivity index (χ1) is 7.86. The molecule has 0 aromatic carbocycles. The van der Waals surface area contributed by atoms with Crippen LogP contribution in [0.15, 0.2) is 6.33 Å². The molecule has 3 heterocycles. The molecule has 2 aromatic rings. The van der Waals surface area contributed by atoms with Gasteiger partial charge >= 0.3 is 0 Å². The number of anilines is 1. The summed E-state index contributed by atoms with van der Waals surface area (Å²) in [5, 5.41) is 4.44. The van der Waals surface area contributed by atoms with Crippen molar-refractivity contribution in [1.82, 2.24) is 20.3 Å². The van der Waals surface area contributed by atoms with Crippen LogP contribution in [-0.2, 0) is 32.7 Å². The number of nitrogens with zero attached hydrogens (tertiary/aromatic N) is 3. The molecule has 0 saturated carbocycles. The van der Waals surface area contributed by atoms with E-state index < -0.39 is 0 Å². The second-order valence-electron chi connectivity index (χ2n) is 4.03. The SMILES string of the molecule is Cc1[c-][nH]c2ncnc(N3CCNCC3)c12.[Y]. The maximum absolute atomic E-state index is 4.41. The smallest absolute Gasteiger partial charge is 0.104 e. The molecule has 2 N–H and O–H groups in total. The quantitative estimate of drug-likeness (QED) is 0.752. The maximum Gasteiger partial charge on any atom is 0.104 e. The van der Waals surface area contributed by atoms with E-state index in [9.17, 15) is 0 Å². The minimum atomic E-state index is 0. The van der Waals surface area contributed by atoms with Crippen LogP contribution in [0, 0.1) is 13.1 Å². The number of aromatic nitrogens is 3. The molecule has 0 spiro atoms. The Bertz CT molecular complexity index is 504. The molecule has 1 radical (unpaired) electrons. The average molecular weight is 305 g/mol. The number of aryl methyl sites for hydroxylation is 1. The molecule has 0 bridgehead atoms. The molecule has 2 aromatic heterocycles. The van der Waals surface area contributed by atoms with Gasteiger partial charge in [0.15, 0.2) is 0 Å². The van der Waals surface area contributed by atoms with E-state index in [0.29, 0.717) is 0 Å². The van der Waals surface area contributed by atoms with Gasteiger partial charge in [-0.1, -0.05) is 12.3 Å². The Morgan fingerprint density at radius 2 is 2.06 bits per heavy atom. The van der Waals surface area contributed by atoms with E-state index in [-0.39, 0.29) is 32.7 Å². The first-order valence-corrected chi connectivity index (χ1v) is 5.53. The summed E-state index contributed by atoms with van der Waals surface area (Å²) in [6.07, 6.45) is 4.70. The van der Waals surface area contributed by atoms with E-state index in [1.807, 2.05) is 6.92 Å². The molecule has 0 amide bonds. The Kier molecular flexibility index (Phi) is 4.12. The Labute approximate surface area is 125 Å². The summed E-state index contributed by atoms with van der Waals surface area (Å²) in [7, 11) is 0. The van der Waals surface area contributed by atoms with Crippen LogP contribution in [0.3, 0.4) is 0 Å². The van der Waals surface area contributed by atoms with E-state index in [2.05, 4.69) is 31.4 Å². The molecular formula is C11H14N5Y-. The zero-order valence-corrected chi connectivity index (χ0v) is 12.7. The summed E-state index contributed by atoms with van der Waals surface area (Å²) in [4.78, 5) is 14.0. The summed E-state index contributed by atoms with van der Waals surface area (Å²) < 4.78 is 0. The second kappa shape index (κ2) is 5.42. The number of rotatable bonds is 1. The minimum absolute atomic E-state index is 0. The summed E-state index contributed by atoms with van der Waals surface area (Å²) >= 11 is 0. The van der Waals surface area contributed by atoms with Crippen LogP contribution in [0.4, 0.5) is 5.82 Å². The van der Waals surface area contributed by atoms with Crippen molar-refractivity contribution < 1.29 is 32.7 Å². The topological polar surface area (TPSA) is 56.8 Å². The number of aromatic amines is 1. The monoisotopic (exact) mass is 305 g/mol. The Morgan fingerprint density at radius 3 is 2.82 bits per heavy atom. The van der Waals surface area contributed by atoms with Crippen LogP contribution < -0.4 is 10.2 Å². The fraction of sp³-hybridized carbons (Fsp3) is 0.455. The number of fused-ring (bicyclic) bond motifs is 1. The fourth-order valence-electron chi connectivity index (χ4n) is 2.15. The van der Waals surface area contributed by atoms with Crippen LogP contribution in [-0.4, -0.2) is 41.1 Å². The predicted molar refractivity (Wildman–Crippen MR) is 62.5 cm³/mol. The van der Waals surface area contributed by atoms with E-state index in [1.54, 1.807) is 6.33 Å². The van der Waals surface area contributed by atoms with Crippen LogP contribution in [0.5, 0.6) is 0 Å². The standard InChI is InChI=1S/C11H14N5.Y/c1-8-6-13-10-9(8)11(15-7-14-10)16-4-2-12-3-5-16;/h7,12H,2-5H2,1H3,(H,13,14,15);/q-1;. The van der Waals surface area contributed by atoms with Gasteiger partial charge in [-0.15, -0.1) is 11.8 Å². The third-order valence-electron chi connectivity index (χ3n) is 2.99. The first kappa shape index (κ1) is 12.9. The molecule has 3 rings (SSSR count). The Balaban J connectivity index is 0.00000108. The summed E-state index contributed by atoms with van der Waals surface area (Å²) in [5.74, 6) is 1.03. The van der Waals surface area contributed by atoms with Gasteiger partial charge in [-0.3, -0.25) is 4.98 Å². The molecule has 6 heteroatoms. The number of piperazine rings is 1. The van der Waals surface area contributed by atoms with Crippen molar-refractivity contribution in [2.24, 2.45) is 0 Å². The Morgan fingerprint density at radius 1 is 1.29 bits per heavy atom. The summed E-state index contributed by atoms with van der Waals surface area (Å²) in [6.45, 7) is 6.05. The molecular weight excluding hydrogens is 291 g/mol. The van der Waals surface area contributed by atoms with Crippen molar-refractivity contribution in [2.45, 2.75) is 6.92 Å². The predicted octanol–water partition coefficient (Wildman–Crippen LogP) is 0.474. The van der Waals surface area contributed by atoms with Gasteiger partial charge in [-0.2, -0.15) is 0 Å². The third kappa shape index (κ3) is 2.37. The first-order valence-electron chi connectivity index (χ1n) is 5.53. The molecule has 1 aliphatic rings. The molecule has 0 aliphatic carbocycles. The largest absolute Gasteiger partial charge is 0.462 e. The number of H-pyrrole nitrogens is 1. The summed E-state index contributed by atoms with van der Waals surface area (Å²) in [5.41, 5.74) is 1.96. The van der Waals surface area contributed by atoms with Crippen molar-refractivity contribution >= 4 is 16.9 Å². The fourth-order valence-corrected chi connectivity index (χ4v) is 2.15. The van der Waals surface area contributed by atoms with Crippen molar-refractivity contribution in [3.8, 4) is 0 Å². The zero-order chi connectivity index (χ0) is 11.0. The second-order valence-corrected chi connectivity index (χ2v) is 4.03. The van der Waals surface area contributed by atoms with Crippen LogP contribution in [0.25, 0.3) is 11.0 Å². The normalized spacial score (nSPS) is 15.9. The van der Waals surface area contributed by atoms with E-state index in [0.717, 1.165) is 48.6 Å². The van der Waals surface area contributed by atoms with Gasteiger partial charge in [-0.05, 0) is 5.65 Å². The van der Waals surface area contributed by atoms with Crippen molar-refractivity contribution in [3.05, 3.63) is 18.1 Å². The van der Waals surface area contributed by atoms with Gasteiger partial charge in [0.2, 0.25) is 0 Å². The molecule has 1 saturated heterocycles. The van der Waals surface area contributed by atoms with E-state index in [1.165, 1.54) is 0 Å². The van der Waals surface area contributed by atoms with Gasteiger partial charge < -0.3 is 15.2 Å². The van der Waals surface area contributed by atoms with Gasteiger partial charge in [0, 0.05) is 58.9 Å². The van der Waals surface area contributed by atoms with E-state index >= 15 is 0 Å². The number of hydrogen-bond donors (Lipinski definition) is 2. The van der Waals surface area contributed by atoms with Gasteiger partial charge in [0.25, 0.3) is 0 Å². The Hall–Kier alpha value is -0.516. The van der Waals surface area contributed by atoms with Crippen LogP contribution >= 0.6 is 0 Å².